The highest BCUT2D eigenvalue weighted by Gasteiger charge is 2.10. The van der Waals surface area contributed by atoms with Crippen molar-refractivity contribution in [1.29, 1.82) is 5.26 Å². The fourth-order valence-electron chi connectivity index (χ4n) is 1.56. The smallest absolute Gasteiger partial charge is 0.151 e. The van der Waals surface area contributed by atoms with Crippen LogP contribution in [0.25, 0.3) is 0 Å². The Hall–Kier alpha value is -2.41. The van der Waals surface area contributed by atoms with Gasteiger partial charge >= 0.3 is 0 Å². The SMILES string of the molecule is Cc1ccc(C#N)c(N(C)c2cccnc2)n1. The van der Waals surface area contributed by atoms with Gasteiger partial charge < -0.3 is 4.90 Å². The molecule has 4 nitrogen and oxygen atoms in total. The zero-order chi connectivity index (χ0) is 12.3. The quantitative estimate of drug-likeness (QED) is 0.786. The van der Waals surface area contributed by atoms with Crippen LogP contribution in [0.4, 0.5) is 11.5 Å². The van der Waals surface area contributed by atoms with Crippen molar-refractivity contribution in [2.24, 2.45) is 0 Å². The normalized spacial score (nSPS) is 9.71. The molecule has 0 saturated carbocycles. The van der Waals surface area contributed by atoms with E-state index in [0.29, 0.717) is 11.4 Å². The van der Waals surface area contributed by atoms with E-state index in [0.717, 1.165) is 11.4 Å². The van der Waals surface area contributed by atoms with Gasteiger partial charge in [0.1, 0.15) is 6.07 Å². The Labute approximate surface area is 100 Å². The highest BCUT2D eigenvalue weighted by Crippen LogP contribution is 2.23. The molecule has 0 saturated heterocycles. The summed E-state index contributed by atoms with van der Waals surface area (Å²) in [7, 11) is 1.87. The third-order valence-electron chi connectivity index (χ3n) is 2.49. The Balaban J connectivity index is 2.47. The van der Waals surface area contributed by atoms with Crippen molar-refractivity contribution >= 4 is 11.5 Å². The minimum atomic E-state index is 0.557. The zero-order valence-electron chi connectivity index (χ0n) is 9.75. The third kappa shape index (κ3) is 2.23. The first-order valence-corrected chi connectivity index (χ1v) is 5.24. The Morgan fingerprint density at radius 3 is 2.76 bits per heavy atom. The molecule has 2 heterocycles. The largest absolute Gasteiger partial charge is 0.327 e. The van der Waals surface area contributed by atoms with Crippen LogP contribution in [0.15, 0.2) is 36.7 Å². The molecule has 0 aliphatic rings. The molecule has 0 atom stereocenters. The van der Waals surface area contributed by atoms with E-state index in [2.05, 4.69) is 16.0 Å². The first-order chi connectivity index (χ1) is 8.22. The van der Waals surface area contributed by atoms with Crippen molar-refractivity contribution in [2.45, 2.75) is 6.92 Å². The lowest BCUT2D eigenvalue weighted by Crippen LogP contribution is -2.13. The Morgan fingerprint density at radius 1 is 1.29 bits per heavy atom. The van der Waals surface area contributed by atoms with Crippen LogP contribution in [-0.2, 0) is 0 Å². The van der Waals surface area contributed by atoms with Crippen LogP contribution >= 0.6 is 0 Å². The molecule has 0 radical (unpaired) electrons. The maximum absolute atomic E-state index is 9.07. The van der Waals surface area contributed by atoms with Gasteiger partial charge in [0.2, 0.25) is 0 Å². The van der Waals surface area contributed by atoms with Gasteiger partial charge in [0.15, 0.2) is 5.82 Å². The summed E-state index contributed by atoms with van der Waals surface area (Å²) in [6.07, 6.45) is 3.46. The van der Waals surface area contributed by atoms with Crippen LogP contribution in [0.2, 0.25) is 0 Å². The van der Waals surface area contributed by atoms with Crippen molar-refractivity contribution in [3.8, 4) is 6.07 Å². The van der Waals surface area contributed by atoms with E-state index in [-0.39, 0.29) is 0 Å². The van der Waals surface area contributed by atoms with Crippen LogP contribution in [0.3, 0.4) is 0 Å². The number of aryl methyl sites for hydroxylation is 1. The lowest BCUT2D eigenvalue weighted by atomic mass is 10.2. The minimum Gasteiger partial charge on any atom is -0.327 e. The van der Waals surface area contributed by atoms with Crippen LogP contribution in [0.1, 0.15) is 11.3 Å². The first-order valence-electron chi connectivity index (χ1n) is 5.24. The Kier molecular flexibility index (Phi) is 3.01. The topological polar surface area (TPSA) is 52.8 Å². The van der Waals surface area contributed by atoms with E-state index >= 15 is 0 Å². The molecule has 0 fully saturated rings. The number of nitrogens with zero attached hydrogens (tertiary/aromatic N) is 4. The summed E-state index contributed by atoms with van der Waals surface area (Å²) < 4.78 is 0. The summed E-state index contributed by atoms with van der Waals surface area (Å²) in [5.74, 6) is 0.653. The van der Waals surface area contributed by atoms with Crippen molar-refractivity contribution in [1.82, 2.24) is 9.97 Å². The monoisotopic (exact) mass is 224 g/mol. The van der Waals surface area contributed by atoms with Crippen molar-refractivity contribution in [3.05, 3.63) is 47.9 Å². The van der Waals surface area contributed by atoms with Crippen LogP contribution in [0, 0.1) is 18.3 Å². The predicted molar refractivity (Wildman–Crippen MR) is 66.0 cm³/mol. The Morgan fingerprint density at radius 2 is 2.12 bits per heavy atom. The van der Waals surface area contributed by atoms with E-state index in [4.69, 9.17) is 5.26 Å². The molecule has 0 aliphatic heterocycles. The summed E-state index contributed by atoms with van der Waals surface area (Å²) in [6, 6.07) is 9.55. The molecule has 2 rings (SSSR count). The summed E-state index contributed by atoms with van der Waals surface area (Å²) in [5, 5.41) is 9.07. The van der Waals surface area contributed by atoms with Crippen molar-refractivity contribution < 1.29 is 0 Å². The highest BCUT2D eigenvalue weighted by molar-refractivity contribution is 5.64. The van der Waals surface area contributed by atoms with Gasteiger partial charge in [-0.1, -0.05) is 0 Å². The van der Waals surface area contributed by atoms with E-state index in [9.17, 15) is 0 Å². The van der Waals surface area contributed by atoms with Crippen LogP contribution in [0.5, 0.6) is 0 Å². The molecule has 2 aromatic heterocycles. The number of hydrogen-bond donors (Lipinski definition) is 0. The molecule has 0 N–H and O–H groups in total. The number of anilines is 2. The van der Waals surface area contributed by atoms with Crippen molar-refractivity contribution in [2.75, 3.05) is 11.9 Å². The molecule has 0 unspecified atom stereocenters. The lowest BCUT2D eigenvalue weighted by molar-refractivity contribution is 1.07. The molecule has 84 valence electrons. The highest BCUT2D eigenvalue weighted by atomic mass is 15.2. The van der Waals surface area contributed by atoms with Gasteiger partial charge in [-0.05, 0) is 31.2 Å². The number of hydrogen-bond acceptors (Lipinski definition) is 4. The fourth-order valence-corrected chi connectivity index (χ4v) is 1.56. The second-order valence-electron chi connectivity index (χ2n) is 3.71. The number of rotatable bonds is 2. The maximum Gasteiger partial charge on any atom is 0.151 e. The van der Waals surface area contributed by atoms with Crippen LogP contribution in [-0.4, -0.2) is 17.0 Å². The summed E-state index contributed by atoms with van der Waals surface area (Å²) in [6.45, 7) is 1.90. The van der Waals surface area contributed by atoms with Gasteiger partial charge in [-0.2, -0.15) is 5.26 Å². The molecule has 4 heteroatoms. The molecule has 0 aliphatic carbocycles. The molecular weight excluding hydrogens is 212 g/mol. The maximum atomic E-state index is 9.07. The Bertz CT molecular complexity index is 557. The third-order valence-corrected chi connectivity index (χ3v) is 2.49. The number of pyridine rings is 2. The summed E-state index contributed by atoms with van der Waals surface area (Å²) in [5.41, 5.74) is 2.35. The molecule has 2 aromatic rings. The molecule has 0 spiro atoms. The van der Waals surface area contributed by atoms with Gasteiger partial charge in [-0.15, -0.1) is 0 Å². The van der Waals surface area contributed by atoms with E-state index < -0.39 is 0 Å². The van der Waals surface area contributed by atoms with E-state index in [1.165, 1.54) is 0 Å². The van der Waals surface area contributed by atoms with Crippen LogP contribution < -0.4 is 4.90 Å². The first kappa shape index (κ1) is 11.1. The standard InChI is InChI=1S/C13H12N4/c1-10-5-6-11(8-14)13(16-10)17(2)12-4-3-7-15-9-12/h3-7,9H,1-2H3. The van der Waals surface area contributed by atoms with Gasteiger partial charge in [-0.25, -0.2) is 4.98 Å². The summed E-state index contributed by atoms with van der Waals surface area (Å²) >= 11 is 0. The lowest BCUT2D eigenvalue weighted by Gasteiger charge is -2.19. The van der Waals surface area contributed by atoms with Gasteiger partial charge in [0.25, 0.3) is 0 Å². The van der Waals surface area contributed by atoms with Gasteiger partial charge in [0.05, 0.1) is 17.4 Å². The van der Waals surface area contributed by atoms with E-state index in [1.54, 1.807) is 18.5 Å². The van der Waals surface area contributed by atoms with Crippen molar-refractivity contribution in [3.63, 3.8) is 0 Å². The minimum absolute atomic E-state index is 0.557. The second-order valence-corrected chi connectivity index (χ2v) is 3.71. The average Bonchev–Trinajstić information content (AvgIpc) is 2.39. The molecule has 17 heavy (non-hydrogen) atoms. The zero-order valence-corrected chi connectivity index (χ0v) is 9.75. The fraction of sp³-hybridized carbons (Fsp3) is 0.154. The molecule has 0 bridgehead atoms. The second kappa shape index (κ2) is 4.62. The molecule has 0 amide bonds. The predicted octanol–water partition coefficient (Wildman–Crippen LogP) is 2.42. The number of aromatic nitrogens is 2. The number of nitriles is 1. The van der Waals surface area contributed by atoms with E-state index in [1.807, 2.05) is 37.1 Å². The molecular formula is C13H12N4. The van der Waals surface area contributed by atoms with Gasteiger partial charge in [0, 0.05) is 18.9 Å². The molecule has 0 aromatic carbocycles. The average molecular weight is 224 g/mol. The summed E-state index contributed by atoms with van der Waals surface area (Å²) in [4.78, 5) is 10.3. The van der Waals surface area contributed by atoms with Gasteiger partial charge in [-0.3, -0.25) is 4.98 Å².